The second-order valence-corrected chi connectivity index (χ2v) is 0. The molecule has 4 heavy (non-hydrogen) atoms. The number of hydrogen-bond acceptors (Lipinski definition) is 1. The molecule has 0 aromatic rings. The molecular weight excluding hydrogens is 163 g/mol. The van der Waals surface area contributed by atoms with Crippen LogP contribution in [0.4, 0.5) is 0 Å². The van der Waals surface area contributed by atoms with E-state index in [-0.39, 0.29) is 42.7 Å². The zero-order chi connectivity index (χ0) is 2.00. The van der Waals surface area contributed by atoms with E-state index in [1.54, 1.807) is 0 Å². The van der Waals surface area contributed by atoms with Gasteiger partial charge in [-0.3, -0.25) is 0 Å². The molecule has 0 heterocycles. The van der Waals surface area contributed by atoms with Crippen LogP contribution in [0.2, 0.25) is 0 Å². The molecule has 0 spiro atoms. The van der Waals surface area contributed by atoms with Crippen molar-refractivity contribution < 1.29 is 39.4 Å². The van der Waals surface area contributed by atoms with Gasteiger partial charge in [0.25, 0.3) is 0 Å². The Bertz CT molecular complexity index is 13.5. The summed E-state index contributed by atoms with van der Waals surface area (Å²) in [5.41, 5.74) is 0. The molecule has 0 saturated carbocycles. The summed E-state index contributed by atoms with van der Waals surface area (Å²) in [4.78, 5) is 0. The molecular formula is H2CoCuMgO. The minimum atomic E-state index is 0. The van der Waals surface area contributed by atoms with Gasteiger partial charge >= 0.3 is 42.8 Å². The van der Waals surface area contributed by atoms with E-state index >= 15 is 0 Å². The van der Waals surface area contributed by atoms with E-state index in [1.165, 1.54) is 0 Å². The van der Waals surface area contributed by atoms with Gasteiger partial charge in [-0.2, -0.15) is 0 Å². The summed E-state index contributed by atoms with van der Waals surface area (Å²) >= 11 is 2.94. The molecule has 0 unspecified atom stereocenters. The predicted molar refractivity (Wildman–Crippen MR) is 8.66 cm³/mol. The quantitative estimate of drug-likeness (QED) is 0.451. The van der Waals surface area contributed by atoms with Crippen molar-refractivity contribution in [2.45, 2.75) is 0 Å². The predicted octanol–water partition coefficient (Wildman–Crippen LogP) is -0.280. The monoisotopic (exact) mass is 164 g/mol. The Labute approximate surface area is 62.2 Å². The number of rotatable bonds is 0. The molecule has 1 nitrogen and oxygen atoms in total. The Balaban J connectivity index is -0.000000000833. The third kappa shape index (κ3) is 9.52. The first-order chi connectivity index (χ1) is 1.00. The van der Waals surface area contributed by atoms with Crippen LogP contribution in [0.3, 0.4) is 0 Å². The summed E-state index contributed by atoms with van der Waals surface area (Å²) in [6.45, 7) is 0. The van der Waals surface area contributed by atoms with Crippen molar-refractivity contribution in [1.82, 2.24) is 0 Å². The van der Waals surface area contributed by atoms with E-state index in [2.05, 4.69) is 15.9 Å². The molecule has 0 bridgehead atoms. The van der Waals surface area contributed by atoms with Crippen molar-refractivity contribution in [1.29, 1.82) is 0 Å². The van der Waals surface area contributed by atoms with Crippen molar-refractivity contribution in [3.63, 3.8) is 0 Å². The molecule has 4 heteroatoms. The molecule has 1 radical (unpaired) electrons. The van der Waals surface area contributed by atoms with E-state index in [0.717, 1.165) is 0 Å². The molecule has 0 amide bonds. The maximum atomic E-state index is 7.81. The van der Waals surface area contributed by atoms with Crippen LogP contribution < -0.4 is 0 Å². The summed E-state index contributed by atoms with van der Waals surface area (Å²) in [6.07, 6.45) is 0. The van der Waals surface area contributed by atoms with Crippen LogP contribution in [-0.4, -0.2) is 23.1 Å². The van der Waals surface area contributed by atoms with Crippen molar-refractivity contribution in [3.05, 3.63) is 0 Å². The molecule has 0 fully saturated rings. The van der Waals surface area contributed by atoms with Gasteiger partial charge in [-0.1, -0.05) is 0 Å². The average molecular weight is 165 g/mol. The van der Waals surface area contributed by atoms with Crippen LogP contribution >= 0.6 is 0 Å². The van der Waals surface area contributed by atoms with Crippen molar-refractivity contribution in [3.8, 4) is 0 Å². The molecule has 0 saturated heterocycles. The van der Waals surface area contributed by atoms with Crippen LogP contribution in [0, 0.1) is 0 Å². The van der Waals surface area contributed by atoms with Crippen LogP contribution in [0.5, 0.6) is 0 Å². The first kappa shape index (κ1) is 17.6. The Morgan fingerprint density at radius 3 is 1.50 bits per heavy atom. The van der Waals surface area contributed by atoms with E-state index in [1.807, 2.05) is 0 Å². The van der Waals surface area contributed by atoms with E-state index in [0.29, 0.717) is 0 Å². The van der Waals surface area contributed by atoms with Crippen molar-refractivity contribution in [2.75, 3.05) is 0 Å². The summed E-state index contributed by atoms with van der Waals surface area (Å²) in [5.74, 6) is 0. The Morgan fingerprint density at radius 1 is 1.50 bits per heavy atom. The normalized spacial score (nSPS) is 1.50. The standard InChI is InChI=1S/Co.Cu.Mg.O.2H/q;;+2;;2*-1. The maximum absolute atomic E-state index is 7.81. The van der Waals surface area contributed by atoms with Gasteiger partial charge in [0, 0.05) is 16.8 Å². The van der Waals surface area contributed by atoms with Crippen LogP contribution in [0.1, 0.15) is 2.85 Å². The molecule has 0 rings (SSSR count). The van der Waals surface area contributed by atoms with Gasteiger partial charge < -0.3 is 2.85 Å². The first-order valence-corrected chi connectivity index (χ1v) is 0.508. The summed E-state index contributed by atoms with van der Waals surface area (Å²) in [6, 6.07) is 0. The average Bonchev–Trinajstić information content (AvgIpc) is 1.00. The minimum absolute atomic E-state index is 0. The summed E-state index contributed by atoms with van der Waals surface area (Å²) < 4.78 is 7.81. The van der Waals surface area contributed by atoms with Gasteiger partial charge in [0.05, 0.1) is 0 Å². The zero-order valence-corrected chi connectivity index (χ0v) is 5.15. The molecule has 0 N–H and O–H groups in total. The summed E-state index contributed by atoms with van der Waals surface area (Å²) in [7, 11) is 0. The molecule has 0 aliphatic heterocycles. The third-order valence-electron chi connectivity index (χ3n) is 0. The van der Waals surface area contributed by atoms with Crippen LogP contribution in [0.25, 0.3) is 0 Å². The van der Waals surface area contributed by atoms with Crippen molar-refractivity contribution >= 4 is 23.1 Å². The van der Waals surface area contributed by atoms with Crippen molar-refractivity contribution in [2.24, 2.45) is 0 Å². The number of hydrogen-bond donors (Lipinski definition) is 0. The fourth-order valence-electron chi connectivity index (χ4n) is 0. The molecule has 0 aromatic carbocycles. The topological polar surface area (TPSA) is 17.1 Å². The summed E-state index contributed by atoms with van der Waals surface area (Å²) in [5, 5.41) is 0. The van der Waals surface area contributed by atoms with E-state index < -0.39 is 0 Å². The van der Waals surface area contributed by atoms with Gasteiger partial charge in [-0.05, 0) is 0 Å². The Kier molecular flexibility index (Phi) is 103. The van der Waals surface area contributed by atoms with Gasteiger partial charge in [0.15, 0.2) is 0 Å². The fourth-order valence-corrected chi connectivity index (χ4v) is 0. The van der Waals surface area contributed by atoms with Crippen LogP contribution in [-0.2, 0) is 36.6 Å². The Morgan fingerprint density at radius 2 is 1.50 bits per heavy atom. The van der Waals surface area contributed by atoms with Gasteiger partial charge in [-0.25, -0.2) is 0 Å². The zero-order valence-electron chi connectivity index (χ0n) is 3.75. The SMILES string of the molecule is [Co].[H-].[H-].[Mg+2].[O]=[Cu]. The molecule has 0 atom stereocenters. The van der Waals surface area contributed by atoms with Gasteiger partial charge in [0.2, 0.25) is 0 Å². The molecule has 0 aliphatic carbocycles. The molecule has 30 valence electrons. The third-order valence-corrected chi connectivity index (χ3v) is 0. The molecule has 0 aliphatic rings. The van der Waals surface area contributed by atoms with Gasteiger partial charge in [0.1, 0.15) is 0 Å². The van der Waals surface area contributed by atoms with Crippen LogP contribution in [0.15, 0.2) is 0 Å². The van der Waals surface area contributed by atoms with Gasteiger partial charge in [-0.15, -0.1) is 0 Å². The fraction of sp³-hybridized carbons (Fsp3) is 0. The van der Waals surface area contributed by atoms with E-state index in [9.17, 15) is 0 Å². The second-order valence-electron chi connectivity index (χ2n) is 0. The Hall–Kier alpha value is 1.59. The molecule has 0 aromatic heterocycles. The first-order valence-electron chi connectivity index (χ1n) is 0.123. The second kappa shape index (κ2) is 23.4. The van der Waals surface area contributed by atoms with E-state index in [4.69, 9.17) is 3.83 Å².